The van der Waals surface area contributed by atoms with Gasteiger partial charge in [0.25, 0.3) is 0 Å². The Balaban J connectivity index is 1.51. The lowest BCUT2D eigenvalue weighted by molar-refractivity contribution is 0.353. The van der Waals surface area contributed by atoms with Crippen LogP contribution in [0.25, 0.3) is 11.0 Å². The molecule has 2 atom stereocenters. The van der Waals surface area contributed by atoms with E-state index in [0.29, 0.717) is 12.0 Å². The Labute approximate surface area is 114 Å². The Hall–Kier alpha value is -2.51. The predicted molar refractivity (Wildman–Crippen MR) is 70.0 cm³/mol. The zero-order valence-electron chi connectivity index (χ0n) is 10.7. The van der Waals surface area contributed by atoms with E-state index in [-0.39, 0.29) is 0 Å². The summed E-state index contributed by atoms with van der Waals surface area (Å²) in [5.74, 6) is 1.88. The van der Waals surface area contributed by atoms with Gasteiger partial charge >= 0.3 is 0 Å². The number of hydrogen-bond acceptors (Lipinski definition) is 7. The maximum absolute atomic E-state index is 5.14. The zero-order valence-corrected chi connectivity index (χ0v) is 10.7. The van der Waals surface area contributed by atoms with Gasteiger partial charge in [-0.1, -0.05) is 5.16 Å². The van der Waals surface area contributed by atoms with E-state index in [2.05, 4.69) is 35.6 Å². The average molecular weight is 271 g/mol. The molecule has 3 aromatic heterocycles. The van der Waals surface area contributed by atoms with Gasteiger partial charge in [-0.25, -0.2) is 9.97 Å². The first-order valence-corrected chi connectivity index (χ1v) is 6.57. The van der Waals surface area contributed by atoms with E-state index in [0.717, 1.165) is 42.0 Å². The number of anilines is 1. The summed E-state index contributed by atoms with van der Waals surface area (Å²) in [6.45, 7) is 0. The summed E-state index contributed by atoms with van der Waals surface area (Å²) >= 11 is 0. The van der Waals surface area contributed by atoms with Crippen molar-refractivity contribution in [2.24, 2.45) is 0 Å². The number of fused-ring (bicyclic) bond motifs is 1. The Morgan fingerprint density at radius 1 is 1.20 bits per heavy atom. The summed E-state index contributed by atoms with van der Waals surface area (Å²) in [7, 11) is 0. The van der Waals surface area contributed by atoms with Crippen LogP contribution in [0.5, 0.6) is 0 Å². The molecule has 0 radical (unpaired) electrons. The molecule has 3 aromatic rings. The third-order valence-corrected chi connectivity index (χ3v) is 3.75. The second-order valence-corrected chi connectivity index (χ2v) is 4.99. The van der Waals surface area contributed by atoms with Crippen LogP contribution in [0.15, 0.2) is 23.4 Å². The number of H-pyrrole nitrogens is 1. The minimum Gasteiger partial charge on any atom is -0.367 e. The van der Waals surface area contributed by atoms with Crippen molar-refractivity contribution >= 4 is 16.9 Å². The average Bonchev–Trinajstić information content (AvgIpc) is 3.20. The highest BCUT2D eigenvalue weighted by Gasteiger charge is 2.29. The van der Waals surface area contributed by atoms with Gasteiger partial charge in [-0.3, -0.25) is 5.10 Å². The maximum atomic E-state index is 5.14. The van der Waals surface area contributed by atoms with Crippen molar-refractivity contribution < 1.29 is 4.52 Å². The van der Waals surface area contributed by atoms with Crippen LogP contribution in [0.1, 0.15) is 31.1 Å². The van der Waals surface area contributed by atoms with Crippen molar-refractivity contribution in [2.75, 3.05) is 5.32 Å². The normalized spacial score (nSPS) is 22.4. The van der Waals surface area contributed by atoms with Gasteiger partial charge in [-0.2, -0.15) is 10.1 Å². The molecule has 0 aromatic carbocycles. The molecular formula is C12H13N7O. The first kappa shape index (κ1) is 11.3. The predicted octanol–water partition coefficient (Wildman–Crippen LogP) is 1.48. The summed E-state index contributed by atoms with van der Waals surface area (Å²) in [6, 6.07) is 0.347. The number of aromatic nitrogens is 6. The molecule has 8 nitrogen and oxygen atoms in total. The van der Waals surface area contributed by atoms with Crippen LogP contribution in [0, 0.1) is 0 Å². The quantitative estimate of drug-likeness (QED) is 0.743. The number of nitrogens with zero attached hydrogens (tertiary/aromatic N) is 5. The van der Waals surface area contributed by atoms with Crippen molar-refractivity contribution in [3.05, 3.63) is 24.7 Å². The van der Waals surface area contributed by atoms with Gasteiger partial charge in [-0.15, -0.1) is 0 Å². The molecule has 1 fully saturated rings. The van der Waals surface area contributed by atoms with Gasteiger partial charge in [0.15, 0.2) is 12.0 Å². The first-order chi connectivity index (χ1) is 9.90. The van der Waals surface area contributed by atoms with Crippen molar-refractivity contribution in [1.29, 1.82) is 0 Å². The molecule has 8 heteroatoms. The molecule has 0 bridgehead atoms. The Bertz CT molecular complexity index is 708. The standard InChI is InChI=1S/C12H13N7O/c1-2-8(3-7(1)12-15-6-17-20-12)18-10-9-4-16-19-11(9)14-5-13-10/h4-8H,1-3H2,(H2,13,14,16,18,19)/t7?,8-/m0/s1. The number of rotatable bonds is 3. The van der Waals surface area contributed by atoms with Crippen LogP contribution in [-0.4, -0.2) is 36.3 Å². The summed E-state index contributed by atoms with van der Waals surface area (Å²) < 4.78 is 5.14. The molecule has 1 unspecified atom stereocenters. The molecule has 102 valence electrons. The van der Waals surface area contributed by atoms with E-state index < -0.39 is 0 Å². The summed E-state index contributed by atoms with van der Waals surface area (Å²) in [5.41, 5.74) is 0.744. The minimum absolute atomic E-state index is 0.330. The topological polar surface area (TPSA) is 105 Å². The molecular weight excluding hydrogens is 258 g/mol. The van der Waals surface area contributed by atoms with Crippen molar-refractivity contribution in [1.82, 2.24) is 30.3 Å². The third-order valence-electron chi connectivity index (χ3n) is 3.75. The van der Waals surface area contributed by atoms with Crippen LogP contribution >= 0.6 is 0 Å². The third kappa shape index (κ3) is 1.89. The molecule has 0 amide bonds. The lowest BCUT2D eigenvalue weighted by Gasteiger charge is -2.13. The highest BCUT2D eigenvalue weighted by atomic mass is 16.5. The van der Waals surface area contributed by atoms with Gasteiger partial charge in [0, 0.05) is 12.0 Å². The van der Waals surface area contributed by atoms with Gasteiger partial charge in [0.05, 0.1) is 11.6 Å². The van der Waals surface area contributed by atoms with Gasteiger partial charge in [0.1, 0.15) is 12.1 Å². The van der Waals surface area contributed by atoms with Crippen LogP contribution in [0.3, 0.4) is 0 Å². The lowest BCUT2D eigenvalue weighted by Crippen LogP contribution is -2.16. The van der Waals surface area contributed by atoms with Crippen molar-refractivity contribution in [3.63, 3.8) is 0 Å². The highest BCUT2D eigenvalue weighted by molar-refractivity contribution is 5.85. The second kappa shape index (κ2) is 4.55. The van der Waals surface area contributed by atoms with E-state index >= 15 is 0 Å². The van der Waals surface area contributed by atoms with Crippen LogP contribution < -0.4 is 5.32 Å². The fraction of sp³-hybridized carbons (Fsp3) is 0.417. The maximum Gasteiger partial charge on any atom is 0.229 e. The summed E-state index contributed by atoms with van der Waals surface area (Å²) in [5, 5.41) is 14.9. The Kier molecular flexibility index (Phi) is 2.58. The van der Waals surface area contributed by atoms with Gasteiger partial charge in [-0.05, 0) is 19.3 Å². The zero-order chi connectivity index (χ0) is 13.4. The van der Waals surface area contributed by atoms with E-state index in [1.54, 1.807) is 6.20 Å². The fourth-order valence-electron chi connectivity index (χ4n) is 2.77. The largest absolute Gasteiger partial charge is 0.367 e. The second-order valence-electron chi connectivity index (χ2n) is 4.99. The summed E-state index contributed by atoms with van der Waals surface area (Å²) in [6.07, 6.45) is 7.78. The van der Waals surface area contributed by atoms with Gasteiger partial charge < -0.3 is 9.84 Å². The molecule has 0 spiro atoms. The molecule has 4 rings (SSSR count). The van der Waals surface area contributed by atoms with Crippen molar-refractivity contribution in [2.45, 2.75) is 31.2 Å². The molecule has 2 N–H and O–H groups in total. The smallest absolute Gasteiger partial charge is 0.229 e. The summed E-state index contributed by atoms with van der Waals surface area (Å²) in [4.78, 5) is 12.6. The molecule has 1 aliphatic rings. The molecule has 20 heavy (non-hydrogen) atoms. The molecule has 0 saturated heterocycles. The van der Waals surface area contributed by atoms with E-state index in [4.69, 9.17) is 4.52 Å². The van der Waals surface area contributed by atoms with Crippen LogP contribution in [0.4, 0.5) is 5.82 Å². The molecule has 1 aliphatic carbocycles. The van der Waals surface area contributed by atoms with Crippen molar-refractivity contribution in [3.8, 4) is 0 Å². The molecule has 1 saturated carbocycles. The van der Waals surface area contributed by atoms with E-state index in [1.807, 2.05) is 0 Å². The Morgan fingerprint density at radius 2 is 2.20 bits per heavy atom. The van der Waals surface area contributed by atoms with E-state index in [9.17, 15) is 0 Å². The number of nitrogens with one attached hydrogen (secondary N) is 2. The SMILES string of the molecule is c1noc(C2CC[C@H](Nc3ncnc4[nH]ncc34)C2)n1. The highest BCUT2D eigenvalue weighted by Crippen LogP contribution is 2.35. The number of aromatic amines is 1. The van der Waals surface area contributed by atoms with Crippen LogP contribution in [-0.2, 0) is 0 Å². The first-order valence-electron chi connectivity index (χ1n) is 6.57. The minimum atomic E-state index is 0.330. The van der Waals surface area contributed by atoms with E-state index in [1.165, 1.54) is 12.7 Å². The lowest BCUT2D eigenvalue weighted by atomic mass is 10.1. The van der Waals surface area contributed by atoms with Crippen LogP contribution in [0.2, 0.25) is 0 Å². The number of hydrogen-bond donors (Lipinski definition) is 2. The van der Waals surface area contributed by atoms with Gasteiger partial charge in [0.2, 0.25) is 5.89 Å². The monoisotopic (exact) mass is 271 g/mol. The fourth-order valence-corrected chi connectivity index (χ4v) is 2.77. The molecule has 0 aliphatic heterocycles. The molecule has 3 heterocycles. The Morgan fingerprint density at radius 3 is 3.10 bits per heavy atom.